The van der Waals surface area contributed by atoms with E-state index in [1.807, 2.05) is 0 Å². The molecule has 2 unspecified atom stereocenters. The van der Waals surface area contributed by atoms with Gasteiger partial charge < -0.3 is 10.1 Å². The molecule has 88 valence electrons. The molecule has 2 aliphatic heterocycles. The van der Waals surface area contributed by atoms with Crippen molar-refractivity contribution in [3.63, 3.8) is 0 Å². The Morgan fingerprint density at radius 3 is 2.80 bits per heavy atom. The predicted molar refractivity (Wildman–Crippen MR) is 66.5 cm³/mol. The Morgan fingerprint density at radius 2 is 2.13 bits per heavy atom. The number of nitrogens with one attached hydrogen (secondary N) is 1. The van der Waals surface area contributed by atoms with E-state index in [0.29, 0.717) is 6.04 Å². The van der Waals surface area contributed by atoms with E-state index in [2.05, 4.69) is 24.0 Å². The second-order valence-corrected chi connectivity index (χ2v) is 6.19. The van der Waals surface area contributed by atoms with Gasteiger partial charge in [0.05, 0.1) is 0 Å². The molecule has 2 nitrogen and oxygen atoms in total. The molecular formula is C12H23NOS. The molecule has 3 heteroatoms. The lowest BCUT2D eigenvalue weighted by atomic mass is 9.93. The Kier molecular flexibility index (Phi) is 4.79. The van der Waals surface area contributed by atoms with Crippen LogP contribution in [-0.2, 0) is 4.74 Å². The largest absolute Gasteiger partial charge is 0.381 e. The first-order valence-electron chi connectivity index (χ1n) is 6.29. The highest BCUT2D eigenvalue weighted by atomic mass is 32.2. The zero-order chi connectivity index (χ0) is 10.5. The van der Waals surface area contributed by atoms with Crippen LogP contribution in [0.25, 0.3) is 0 Å². The van der Waals surface area contributed by atoms with E-state index >= 15 is 0 Å². The molecule has 15 heavy (non-hydrogen) atoms. The molecule has 0 spiro atoms. The lowest BCUT2D eigenvalue weighted by Crippen LogP contribution is -2.39. The Morgan fingerprint density at radius 1 is 1.33 bits per heavy atom. The average Bonchev–Trinajstić information content (AvgIpc) is 2.80. The standard InChI is InChI=1S/C12H23NOS/c1-10(11-4-6-14-7-5-11)13-9-12-3-2-8-15-12/h10-13H,2-9H2,1H3. The zero-order valence-electron chi connectivity index (χ0n) is 9.71. The summed E-state index contributed by atoms with van der Waals surface area (Å²) in [4.78, 5) is 0. The summed E-state index contributed by atoms with van der Waals surface area (Å²) in [5.74, 6) is 2.21. The summed E-state index contributed by atoms with van der Waals surface area (Å²) in [6, 6.07) is 0.676. The summed E-state index contributed by atoms with van der Waals surface area (Å²) in [7, 11) is 0. The van der Waals surface area contributed by atoms with Gasteiger partial charge >= 0.3 is 0 Å². The first-order valence-corrected chi connectivity index (χ1v) is 7.34. The summed E-state index contributed by atoms with van der Waals surface area (Å²) < 4.78 is 5.40. The molecule has 0 aromatic rings. The second-order valence-electron chi connectivity index (χ2n) is 4.78. The number of hydrogen-bond donors (Lipinski definition) is 1. The minimum atomic E-state index is 0.676. The minimum Gasteiger partial charge on any atom is -0.381 e. The van der Waals surface area contributed by atoms with E-state index < -0.39 is 0 Å². The Labute approximate surface area is 97.5 Å². The monoisotopic (exact) mass is 229 g/mol. The van der Waals surface area contributed by atoms with Gasteiger partial charge in [0.15, 0.2) is 0 Å². The first kappa shape index (κ1) is 11.7. The minimum absolute atomic E-state index is 0.676. The Balaban J connectivity index is 1.64. The third-order valence-corrected chi connectivity index (χ3v) is 5.06. The van der Waals surface area contributed by atoms with Gasteiger partial charge in [-0.2, -0.15) is 11.8 Å². The maximum absolute atomic E-state index is 5.40. The normalized spacial score (nSPS) is 30.6. The average molecular weight is 229 g/mol. The van der Waals surface area contributed by atoms with E-state index in [1.54, 1.807) is 0 Å². The highest BCUT2D eigenvalue weighted by Gasteiger charge is 2.22. The van der Waals surface area contributed by atoms with Gasteiger partial charge in [0, 0.05) is 31.1 Å². The molecule has 0 aromatic heterocycles. The topological polar surface area (TPSA) is 21.3 Å². The quantitative estimate of drug-likeness (QED) is 0.799. The van der Waals surface area contributed by atoms with Crippen LogP contribution in [0.5, 0.6) is 0 Å². The van der Waals surface area contributed by atoms with Gasteiger partial charge in [-0.1, -0.05) is 0 Å². The molecule has 0 aromatic carbocycles. The summed E-state index contributed by atoms with van der Waals surface area (Å²) in [6.07, 6.45) is 5.32. The molecule has 0 bridgehead atoms. The van der Waals surface area contributed by atoms with Crippen LogP contribution in [0.15, 0.2) is 0 Å². The van der Waals surface area contributed by atoms with E-state index in [-0.39, 0.29) is 0 Å². The fourth-order valence-corrected chi connectivity index (χ4v) is 3.72. The van der Waals surface area contributed by atoms with Crippen molar-refractivity contribution >= 4 is 11.8 Å². The van der Waals surface area contributed by atoms with Gasteiger partial charge in [-0.05, 0) is 44.3 Å². The SMILES string of the molecule is CC(NCC1CCCS1)C1CCOCC1. The number of hydrogen-bond acceptors (Lipinski definition) is 3. The smallest absolute Gasteiger partial charge is 0.0469 e. The van der Waals surface area contributed by atoms with Crippen molar-refractivity contribution < 1.29 is 4.74 Å². The fraction of sp³-hybridized carbons (Fsp3) is 1.00. The maximum atomic E-state index is 5.40. The number of rotatable bonds is 4. The van der Waals surface area contributed by atoms with Crippen LogP contribution in [-0.4, -0.2) is 36.8 Å². The van der Waals surface area contributed by atoms with Gasteiger partial charge in [0.25, 0.3) is 0 Å². The summed E-state index contributed by atoms with van der Waals surface area (Å²) in [6.45, 7) is 5.49. The maximum Gasteiger partial charge on any atom is 0.0469 e. The van der Waals surface area contributed by atoms with Crippen molar-refractivity contribution in [1.82, 2.24) is 5.32 Å². The molecule has 2 atom stereocenters. The van der Waals surface area contributed by atoms with Crippen molar-refractivity contribution in [1.29, 1.82) is 0 Å². The third-order valence-electron chi connectivity index (χ3n) is 3.66. The van der Waals surface area contributed by atoms with Crippen LogP contribution >= 0.6 is 11.8 Å². The fourth-order valence-electron chi connectivity index (χ4n) is 2.51. The van der Waals surface area contributed by atoms with E-state index in [4.69, 9.17) is 4.74 Å². The van der Waals surface area contributed by atoms with E-state index in [0.717, 1.165) is 24.4 Å². The molecule has 2 aliphatic rings. The molecule has 0 radical (unpaired) electrons. The molecule has 2 rings (SSSR count). The van der Waals surface area contributed by atoms with Crippen LogP contribution in [0, 0.1) is 5.92 Å². The van der Waals surface area contributed by atoms with Crippen LogP contribution in [0.1, 0.15) is 32.6 Å². The number of thioether (sulfide) groups is 1. The van der Waals surface area contributed by atoms with Crippen LogP contribution in [0.4, 0.5) is 0 Å². The molecule has 0 saturated carbocycles. The molecule has 0 aliphatic carbocycles. The van der Waals surface area contributed by atoms with E-state index in [9.17, 15) is 0 Å². The third kappa shape index (κ3) is 3.65. The van der Waals surface area contributed by atoms with Crippen molar-refractivity contribution in [2.75, 3.05) is 25.5 Å². The summed E-state index contributed by atoms with van der Waals surface area (Å²) >= 11 is 2.14. The number of ether oxygens (including phenoxy) is 1. The zero-order valence-corrected chi connectivity index (χ0v) is 10.5. The molecule has 2 saturated heterocycles. The van der Waals surface area contributed by atoms with E-state index in [1.165, 1.54) is 38.0 Å². The summed E-state index contributed by atoms with van der Waals surface area (Å²) in [5.41, 5.74) is 0. The molecule has 2 fully saturated rings. The van der Waals surface area contributed by atoms with Gasteiger partial charge in [-0.25, -0.2) is 0 Å². The lowest BCUT2D eigenvalue weighted by Gasteiger charge is -2.29. The lowest BCUT2D eigenvalue weighted by molar-refractivity contribution is 0.0560. The first-order chi connectivity index (χ1) is 7.36. The second kappa shape index (κ2) is 6.12. The molecule has 2 heterocycles. The van der Waals surface area contributed by atoms with Gasteiger partial charge in [0.2, 0.25) is 0 Å². The van der Waals surface area contributed by atoms with Crippen LogP contribution in [0.2, 0.25) is 0 Å². The molecular weight excluding hydrogens is 206 g/mol. The van der Waals surface area contributed by atoms with Gasteiger partial charge in [-0.3, -0.25) is 0 Å². The summed E-state index contributed by atoms with van der Waals surface area (Å²) in [5, 5.41) is 4.60. The van der Waals surface area contributed by atoms with Crippen LogP contribution < -0.4 is 5.32 Å². The Bertz CT molecular complexity index is 176. The highest BCUT2D eigenvalue weighted by Crippen LogP contribution is 2.26. The van der Waals surface area contributed by atoms with Crippen molar-refractivity contribution in [3.05, 3.63) is 0 Å². The molecule has 1 N–H and O–H groups in total. The van der Waals surface area contributed by atoms with Gasteiger partial charge in [-0.15, -0.1) is 0 Å². The van der Waals surface area contributed by atoms with Crippen molar-refractivity contribution in [2.24, 2.45) is 5.92 Å². The molecule has 0 amide bonds. The van der Waals surface area contributed by atoms with Crippen LogP contribution in [0.3, 0.4) is 0 Å². The Hall–Kier alpha value is 0.270. The van der Waals surface area contributed by atoms with Gasteiger partial charge in [0.1, 0.15) is 0 Å². The van der Waals surface area contributed by atoms with Crippen molar-refractivity contribution in [2.45, 2.75) is 43.9 Å². The van der Waals surface area contributed by atoms with Crippen molar-refractivity contribution in [3.8, 4) is 0 Å². The predicted octanol–water partition coefficient (Wildman–Crippen LogP) is 2.29. The highest BCUT2D eigenvalue weighted by molar-refractivity contribution is 8.00.